The number of carbonyl (C=O) groups is 3. The van der Waals surface area contributed by atoms with Gasteiger partial charge in [0.1, 0.15) is 5.75 Å². The molecule has 0 bridgehead atoms. The standard InChI is InChI=1S/C10H8N2O4S/c13-5-16-7-3-1-2-6(4-7)11-9-8(14)12-10(15)17-9/h1-5,9,11H,(H,12,14,15)/t9-/m1/s1. The van der Waals surface area contributed by atoms with E-state index in [2.05, 4.69) is 15.4 Å². The molecule has 1 aliphatic rings. The molecule has 7 heteroatoms. The lowest BCUT2D eigenvalue weighted by Gasteiger charge is -2.10. The second-order valence-electron chi connectivity index (χ2n) is 3.16. The average molecular weight is 252 g/mol. The van der Waals surface area contributed by atoms with E-state index in [9.17, 15) is 14.4 Å². The van der Waals surface area contributed by atoms with E-state index in [1.165, 1.54) is 0 Å². The Morgan fingerprint density at radius 1 is 1.41 bits per heavy atom. The first-order chi connectivity index (χ1) is 8.19. The number of carbonyl (C=O) groups excluding carboxylic acids is 3. The van der Waals surface area contributed by atoms with Gasteiger partial charge in [0.2, 0.25) is 0 Å². The topological polar surface area (TPSA) is 84.5 Å². The average Bonchev–Trinajstić information content (AvgIpc) is 2.58. The van der Waals surface area contributed by atoms with Gasteiger partial charge in [0, 0.05) is 11.8 Å². The van der Waals surface area contributed by atoms with Crippen LogP contribution in [0.25, 0.3) is 0 Å². The van der Waals surface area contributed by atoms with E-state index in [0.29, 0.717) is 17.9 Å². The molecule has 1 aromatic carbocycles. The van der Waals surface area contributed by atoms with Gasteiger partial charge in [0.15, 0.2) is 5.37 Å². The number of rotatable bonds is 4. The normalized spacial score (nSPS) is 18.7. The minimum Gasteiger partial charge on any atom is -0.429 e. The first-order valence-electron chi connectivity index (χ1n) is 4.67. The zero-order valence-electron chi connectivity index (χ0n) is 8.51. The van der Waals surface area contributed by atoms with Crippen molar-refractivity contribution in [3.8, 4) is 5.75 Å². The first kappa shape index (κ1) is 11.5. The van der Waals surface area contributed by atoms with Crippen LogP contribution in [0.1, 0.15) is 0 Å². The molecule has 0 spiro atoms. The van der Waals surface area contributed by atoms with Crippen LogP contribution in [0.15, 0.2) is 24.3 Å². The van der Waals surface area contributed by atoms with Gasteiger partial charge in [-0.2, -0.15) is 0 Å². The summed E-state index contributed by atoms with van der Waals surface area (Å²) >= 11 is 0.867. The summed E-state index contributed by atoms with van der Waals surface area (Å²) in [7, 11) is 0. The maximum Gasteiger partial charge on any atom is 0.298 e. The third kappa shape index (κ3) is 2.76. The second kappa shape index (κ2) is 4.88. The molecule has 0 saturated carbocycles. The molecule has 6 nitrogen and oxygen atoms in total. The fraction of sp³-hybridized carbons (Fsp3) is 0.100. The summed E-state index contributed by atoms with van der Waals surface area (Å²) in [6.45, 7) is 0.319. The lowest BCUT2D eigenvalue weighted by molar-refractivity contribution is -0.121. The molecular formula is C10H8N2O4S. The van der Waals surface area contributed by atoms with E-state index in [0.717, 1.165) is 11.8 Å². The van der Waals surface area contributed by atoms with Crippen LogP contribution in [-0.4, -0.2) is 23.0 Å². The van der Waals surface area contributed by atoms with Gasteiger partial charge in [-0.05, 0) is 23.9 Å². The molecule has 2 rings (SSSR count). The Labute approximate surface area is 101 Å². The van der Waals surface area contributed by atoms with Crippen LogP contribution in [0.3, 0.4) is 0 Å². The molecule has 0 radical (unpaired) electrons. The number of amides is 2. The smallest absolute Gasteiger partial charge is 0.298 e. The molecule has 1 atom stereocenters. The summed E-state index contributed by atoms with van der Waals surface area (Å²) in [4.78, 5) is 32.4. The van der Waals surface area contributed by atoms with E-state index in [-0.39, 0.29) is 11.1 Å². The van der Waals surface area contributed by atoms with Crippen molar-refractivity contribution in [3.63, 3.8) is 0 Å². The van der Waals surface area contributed by atoms with Gasteiger partial charge in [-0.25, -0.2) is 0 Å². The van der Waals surface area contributed by atoms with Crippen molar-refractivity contribution in [1.29, 1.82) is 0 Å². The molecule has 0 unspecified atom stereocenters. The Balaban J connectivity index is 2.08. The molecule has 1 aliphatic heterocycles. The molecular weight excluding hydrogens is 244 g/mol. The van der Waals surface area contributed by atoms with Gasteiger partial charge in [-0.1, -0.05) is 6.07 Å². The van der Waals surface area contributed by atoms with Gasteiger partial charge in [0.05, 0.1) is 0 Å². The Morgan fingerprint density at radius 2 is 2.24 bits per heavy atom. The van der Waals surface area contributed by atoms with E-state index in [1.807, 2.05) is 0 Å². The number of anilines is 1. The molecule has 0 aliphatic carbocycles. The van der Waals surface area contributed by atoms with Gasteiger partial charge in [0.25, 0.3) is 17.6 Å². The number of ether oxygens (including phenoxy) is 1. The minimum absolute atomic E-state index is 0.319. The number of thioether (sulfide) groups is 1. The minimum atomic E-state index is -0.658. The maximum absolute atomic E-state index is 11.3. The summed E-state index contributed by atoms with van der Waals surface area (Å²) in [5.41, 5.74) is 0.590. The van der Waals surface area contributed by atoms with Crippen molar-refractivity contribution < 1.29 is 19.1 Å². The first-order valence-corrected chi connectivity index (χ1v) is 5.55. The third-order valence-corrected chi connectivity index (χ3v) is 2.89. The fourth-order valence-corrected chi connectivity index (χ4v) is 2.05. The highest BCUT2D eigenvalue weighted by atomic mass is 32.2. The largest absolute Gasteiger partial charge is 0.429 e. The lowest BCUT2D eigenvalue weighted by Crippen LogP contribution is -2.29. The predicted molar refractivity (Wildman–Crippen MR) is 61.7 cm³/mol. The molecule has 2 N–H and O–H groups in total. The molecule has 0 aromatic heterocycles. The van der Waals surface area contributed by atoms with Crippen molar-refractivity contribution in [2.24, 2.45) is 0 Å². The maximum atomic E-state index is 11.3. The summed E-state index contributed by atoms with van der Waals surface area (Å²) in [5, 5.41) is 3.98. The van der Waals surface area contributed by atoms with Gasteiger partial charge < -0.3 is 10.1 Å². The highest BCUT2D eigenvalue weighted by Gasteiger charge is 2.31. The second-order valence-corrected chi connectivity index (χ2v) is 4.24. The van der Waals surface area contributed by atoms with Crippen molar-refractivity contribution in [2.75, 3.05) is 5.32 Å². The van der Waals surface area contributed by atoms with Crippen LogP contribution in [0.5, 0.6) is 5.75 Å². The van der Waals surface area contributed by atoms with Crippen LogP contribution >= 0.6 is 11.8 Å². The number of hydrogen-bond acceptors (Lipinski definition) is 6. The van der Waals surface area contributed by atoms with Crippen LogP contribution in [0.4, 0.5) is 10.5 Å². The molecule has 1 saturated heterocycles. The Morgan fingerprint density at radius 3 is 2.88 bits per heavy atom. The molecule has 1 aromatic rings. The van der Waals surface area contributed by atoms with Crippen molar-refractivity contribution >= 4 is 35.1 Å². The summed E-state index contributed by atoms with van der Waals surface area (Å²) in [6.07, 6.45) is 0. The van der Waals surface area contributed by atoms with E-state index in [1.54, 1.807) is 24.3 Å². The Hall–Kier alpha value is -2.02. The van der Waals surface area contributed by atoms with E-state index in [4.69, 9.17) is 0 Å². The quantitative estimate of drug-likeness (QED) is 0.776. The molecule has 88 valence electrons. The predicted octanol–water partition coefficient (Wildman–Crippen LogP) is 0.943. The Bertz CT molecular complexity index is 477. The van der Waals surface area contributed by atoms with Crippen molar-refractivity contribution in [2.45, 2.75) is 5.37 Å². The van der Waals surface area contributed by atoms with Gasteiger partial charge in [-0.15, -0.1) is 0 Å². The number of nitrogens with one attached hydrogen (secondary N) is 2. The van der Waals surface area contributed by atoms with E-state index >= 15 is 0 Å². The highest BCUT2D eigenvalue weighted by Crippen LogP contribution is 2.23. The number of hydrogen-bond donors (Lipinski definition) is 2. The van der Waals surface area contributed by atoms with Gasteiger partial charge in [-0.3, -0.25) is 19.7 Å². The fourth-order valence-electron chi connectivity index (χ4n) is 1.32. The van der Waals surface area contributed by atoms with Crippen LogP contribution in [0.2, 0.25) is 0 Å². The van der Waals surface area contributed by atoms with Crippen molar-refractivity contribution in [3.05, 3.63) is 24.3 Å². The molecule has 1 heterocycles. The molecule has 1 fully saturated rings. The summed E-state index contributed by atoms with van der Waals surface area (Å²) < 4.78 is 4.66. The zero-order valence-corrected chi connectivity index (χ0v) is 9.32. The molecule has 2 amide bonds. The molecule has 17 heavy (non-hydrogen) atoms. The lowest BCUT2D eigenvalue weighted by atomic mass is 10.3. The summed E-state index contributed by atoms with van der Waals surface area (Å²) in [6, 6.07) is 6.53. The van der Waals surface area contributed by atoms with Crippen LogP contribution in [0, 0.1) is 0 Å². The number of benzene rings is 1. The zero-order chi connectivity index (χ0) is 12.3. The third-order valence-electron chi connectivity index (χ3n) is 2.00. The van der Waals surface area contributed by atoms with Gasteiger partial charge >= 0.3 is 0 Å². The summed E-state index contributed by atoms with van der Waals surface area (Å²) in [5.74, 6) is -0.0264. The highest BCUT2D eigenvalue weighted by molar-refractivity contribution is 8.15. The van der Waals surface area contributed by atoms with Crippen LogP contribution in [-0.2, 0) is 9.59 Å². The Kier molecular flexibility index (Phi) is 3.29. The monoisotopic (exact) mass is 252 g/mol. The van der Waals surface area contributed by atoms with Crippen molar-refractivity contribution in [1.82, 2.24) is 5.32 Å². The number of imide groups is 1. The van der Waals surface area contributed by atoms with Crippen LogP contribution < -0.4 is 15.4 Å². The van der Waals surface area contributed by atoms with E-state index < -0.39 is 5.37 Å². The SMILES string of the molecule is O=COc1cccc(N[C@@H]2SC(=O)NC2=O)c1.